The van der Waals surface area contributed by atoms with Crippen LogP contribution in [0.1, 0.15) is 0 Å². The number of fused-ring (bicyclic) bond motifs is 10. The number of nitrogens with zero attached hydrogens (tertiary/aromatic N) is 6. The molecule has 0 radical (unpaired) electrons. The maximum Gasteiger partial charge on any atom is 0.220 e. The predicted octanol–water partition coefficient (Wildman–Crippen LogP) is 8.84. The van der Waals surface area contributed by atoms with Crippen LogP contribution in [0.15, 0.2) is 146 Å². The van der Waals surface area contributed by atoms with E-state index in [1.54, 1.807) is 0 Å². The Bertz CT molecular complexity index is 2520. The number of aromatic nitrogens is 6. The van der Waals surface area contributed by atoms with Crippen molar-refractivity contribution < 1.29 is 0 Å². The zero-order valence-electron chi connectivity index (χ0n) is 23.5. The molecule has 10 aromatic rings. The van der Waals surface area contributed by atoms with E-state index < -0.39 is 0 Å². The lowest BCUT2D eigenvalue weighted by Crippen LogP contribution is -1.94. The largest absolute Gasteiger partial charge is 0.278 e. The quantitative estimate of drug-likeness (QED) is 0.215. The normalized spacial score (nSPS) is 12.1. The van der Waals surface area contributed by atoms with E-state index in [0.717, 1.165) is 78.2 Å². The van der Waals surface area contributed by atoms with Gasteiger partial charge < -0.3 is 0 Å². The average Bonchev–Trinajstić information content (AvgIpc) is 3.81. The molecule has 0 fully saturated rings. The van der Waals surface area contributed by atoms with Crippen molar-refractivity contribution in [2.75, 3.05) is 0 Å². The minimum atomic E-state index is 0.908. The summed E-state index contributed by atoms with van der Waals surface area (Å²) < 4.78 is 9.01. The van der Waals surface area contributed by atoms with Gasteiger partial charge in [0.1, 0.15) is 0 Å². The molecule has 6 nitrogen and oxygen atoms in total. The second-order valence-electron chi connectivity index (χ2n) is 11.2. The summed E-state index contributed by atoms with van der Waals surface area (Å²) in [5.41, 5.74) is 13.1. The fraction of sp³-hybridized carbons (Fsp3) is 0. The molecule has 44 heavy (non-hydrogen) atoms. The molecule has 0 atom stereocenters. The number of benzene rings is 6. The first-order valence-electron chi connectivity index (χ1n) is 14.8. The number of hydrogen-bond donors (Lipinski definition) is 0. The third kappa shape index (κ3) is 3.14. The van der Waals surface area contributed by atoms with Gasteiger partial charge in [-0.05, 0) is 83.9 Å². The van der Waals surface area contributed by atoms with Crippen molar-refractivity contribution in [3.63, 3.8) is 0 Å². The highest BCUT2D eigenvalue weighted by Crippen LogP contribution is 2.34. The van der Waals surface area contributed by atoms with Gasteiger partial charge >= 0.3 is 0 Å². The van der Waals surface area contributed by atoms with Crippen LogP contribution in [0.4, 0.5) is 0 Å². The smallest absolute Gasteiger partial charge is 0.220 e. The number of imidazole rings is 4. The van der Waals surface area contributed by atoms with Gasteiger partial charge in [-0.1, -0.05) is 72.8 Å². The lowest BCUT2D eigenvalue weighted by molar-refractivity contribution is 1.11. The molecule has 6 aromatic carbocycles. The van der Waals surface area contributed by atoms with Gasteiger partial charge in [-0.2, -0.15) is 0 Å². The zero-order valence-corrected chi connectivity index (χ0v) is 23.5. The molecule has 0 saturated carbocycles. The SMILES string of the molecule is c1ccc(-n2c3ccccc3n3c4ccc(-c5ccc6c(c5)nc5n(-c7ccccc7)c7ccccc7n65)cc4nc23)cc1. The minimum absolute atomic E-state index is 0.908. The molecule has 0 bridgehead atoms. The molecular formula is C38H24N6. The molecule has 0 unspecified atom stereocenters. The Balaban J connectivity index is 1.17. The number of para-hydroxylation sites is 6. The second-order valence-corrected chi connectivity index (χ2v) is 11.2. The monoisotopic (exact) mass is 564 g/mol. The van der Waals surface area contributed by atoms with Gasteiger partial charge in [-0.15, -0.1) is 0 Å². The Kier molecular flexibility index (Phi) is 4.63. The summed E-state index contributed by atoms with van der Waals surface area (Å²) >= 11 is 0. The molecule has 0 aliphatic rings. The van der Waals surface area contributed by atoms with Crippen molar-refractivity contribution in [3.8, 4) is 22.5 Å². The van der Waals surface area contributed by atoms with Gasteiger partial charge in [0.15, 0.2) is 0 Å². The van der Waals surface area contributed by atoms with E-state index in [9.17, 15) is 0 Å². The highest BCUT2D eigenvalue weighted by atomic mass is 15.2. The van der Waals surface area contributed by atoms with Gasteiger partial charge in [0.05, 0.1) is 44.1 Å². The molecule has 0 aliphatic carbocycles. The van der Waals surface area contributed by atoms with Crippen molar-refractivity contribution in [1.29, 1.82) is 0 Å². The van der Waals surface area contributed by atoms with Gasteiger partial charge in [0.2, 0.25) is 11.6 Å². The molecular weight excluding hydrogens is 540 g/mol. The van der Waals surface area contributed by atoms with Crippen molar-refractivity contribution in [3.05, 3.63) is 146 Å². The van der Waals surface area contributed by atoms with E-state index in [1.807, 2.05) is 12.1 Å². The third-order valence-electron chi connectivity index (χ3n) is 8.76. The molecule has 206 valence electrons. The predicted molar refractivity (Wildman–Crippen MR) is 178 cm³/mol. The minimum Gasteiger partial charge on any atom is -0.278 e. The summed E-state index contributed by atoms with van der Waals surface area (Å²) in [5, 5.41) is 0. The molecule has 0 saturated heterocycles. The summed E-state index contributed by atoms with van der Waals surface area (Å²) in [6.07, 6.45) is 0. The summed E-state index contributed by atoms with van der Waals surface area (Å²) in [6, 6.07) is 51.1. The van der Waals surface area contributed by atoms with Crippen molar-refractivity contribution in [2.45, 2.75) is 0 Å². The van der Waals surface area contributed by atoms with E-state index in [2.05, 4.69) is 151 Å². The molecule has 0 amide bonds. The number of hydrogen-bond acceptors (Lipinski definition) is 2. The van der Waals surface area contributed by atoms with E-state index in [0.29, 0.717) is 0 Å². The van der Waals surface area contributed by atoms with Crippen LogP contribution in [0.5, 0.6) is 0 Å². The Hall–Kier alpha value is -6.14. The van der Waals surface area contributed by atoms with Crippen LogP contribution in [0.3, 0.4) is 0 Å². The van der Waals surface area contributed by atoms with Crippen LogP contribution < -0.4 is 0 Å². The average molecular weight is 565 g/mol. The Morgan fingerprint density at radius 3 is 1.16 bits per heavy atom. The van der Waals surface area contributed by atoms with Crippen molar-refractivity contribution in [2.24, 2.45) is 0 Å². The van der Waals surface area contributed by atoms with Crippen LogP contribution in [0, 0.1) is 0 Å². The van der Waals surface area contributed by atoms with E-state index >= 15 is 0 Å². The van der Waals surface area contributed by atoms with Crippen LogP contribution in [-0.4, -0.2) is 27.9 Å². The van der Waals surface area contributed by atoms with E-state index in [4.69, 9.17) is 9.97 Å². The van der Waals surface area contributed by atoms with E-state index in [1.165, 1.54) is 0 Å². The van der Waals surface area contributed by atoms with Crippen LogP contribution in [0.2, 0.25) is 0 Å². The molecule has 4 aromatic heterocycles. The molecule has 4 heterocycles. The first-order valence-corrected chi connectivity index (χ1v) is 14.8. The van der Waals surface area contributed by atoms with Gasteiger partial charge in [-0.3, -0.25) is 17.9 Å². The molecule has 6 heteroatoms. The van der Waals surface area contributed by atoms with Gasteiger partial charge in [-0.25, -0.2) is 9.97 Å². The van der Waals surface area contributed by atoms with Crippen LogP contribution in [-0.2, 0) is 0 Å². The molecule has 0 aliphatic heterocycles. The third-order valence-corrected chi connectivity index (χ3v) is 8.76. The van der Waals surface area contributed by atoms with Crippen molar-refractivity contribution in [1.82, 2.24) is 27.9 Å². The molecule has 0 spiro atoms. The fourth-order valence-corrected chi connectivity index (χ4v) is 6.83. The zero-order chi connectivity index (χ0) is 28.8. The topological polar surface area (TPSA) is 44.5 Å². The van der Waals surface area contributed by atoms with Gasteiger partial charge in [0.25, 0.3) is 0 Å². The Morgan fingerprint density at radius 2 is 0.727 bits per heavy atom. The van der Waals surface area contributed by atoms with Crippen LogP contribution >= 0.6 is 0 Å². The standard InChI is InChI=1S/C38H24N6/c1-3-11-27(12-4-1)41-33-15-7-9-17-35(33)43-31-21-19-25(23-29(31)39-37(41)43)26-20-22-32-30(24-26)40-38-42(28-13-5-2-6-14-28)34-16-8-10-18-36(34)44(32)38/h1-24H. The Morgan fingerprint density at radius 1 is 0.341 bits per heavy atom. The maximum absolute atomic E-state index is 5.19. The highest BCUT2D eigenvalue weighted by molar-refractivity contribution is 5.96. The fourth-order valence-electron chi connectivity index (χ4n) is 6.83. The van der Waals surface area contributed by atoms with Crippen LogP contribution in [0.25, 0.3) is 78.2 Å². The summed E-state index contributed by atoms with van der Waals surface area (Å²) in [7, 11) is 0. The maximum atomic E-state index is 5.19. The lowest BCUT2D eigenvalue weighted by atomic mass is 10.0. The van der Waals surface area contributed by atoms with Gasteiger partial charge in [0, 0.05) is 11.4 Å². The summed E-state index contributed by atoms with van der Waals surface area (Å²) in [6.45, 7) is 0. The van der Waals surface area contributed by atoms with E-state index in [-0.39, 0.29) is 0 Å². The molecule has 0 N–H and O–H groups in total. The Labute approximate surface area is 251 Å². The second kappa shape index (κ2) is 8.69. The molecule has 10 rings (SSSR count). The number of rotatable bonds is 3. The first-order chi connectivity index (χ1) is 21.8. The van der Waals surface area contributed by atoms with Crippen molar-refractivity contribution >= 4 is 55.7 Å². The summed E-state index contributed by atoms with van der Waals surface area (Å²) in [5.74, 6) is 1.82. The summed E-state index contributed by atoms with van der Waals surface area (Å²) in [4.78, 5) is 10.4. The highest BCUT2D eigenvalue weighted by Gasteiger charge is 2.19. The lowest BCUT2D eigenvalue weighted by Gasteiger charge is -2.05. The first kappa shape index (κ1) is 23.4.